The average Bonchev–Trinajstić information content (AvgIpc) is 3.06. The highest BCUT2D eigenvalue weighted by atomic mass is 16.6. The number of carbonyl (C=O) groups is 2. The molecule has 9 nitrogen and oxygen atoms in total. The normalized spacial score (nSPS) is 21.6. The molecule has 2 aliphatic heterocycles. The minimum Gasteiger partial charge on any atom is -0.384 e. The SMILES string of the molecule is Cc1ccc2c(c1)C1(C(=O)N2)C(C#N)=C(N)N(c2cccc([N+](=O)[O-])c2)C2=C1C(=O)CCC2. The number of amides is 1. The largest absolute Gasteiger partial charge is 0.384 e. The summed E-state index contributed by atoms with van der Waals surface area (Å²) in [6.07, 6.45) is 1.20. The van der Waals surface area contributed by atoms with Crippen LogP contribution in [0.4, 0.5) is 17.1 Å². The lowest BCUT2D eigenvalue weighted by molar-refractivity contribution is -0.384. The number of carbonyl (C=O) groups excluding carboxylic acids is 2. The van der Waals surface area contributed by atoms with E-state index < -0.39 is 16.2 Å². The van der Waals surface area contributed by atoms with E-state index in [1.54, 1.807) is 18.2 Å². The Balaban J connectivity index is 1.87. The molecule has 33 heavy (non-hydrogen) atoms. The third-order valence-corrected chi connectivity index (χ3v) is 6.48. The summed E-state index contributed by atoms with van der Waals surface area (Å²) in [6.45, 7) is 1.87. The maximum absolute atomic E-state index is 13.6. The Hall–Kier alpha value is -4.45. The average molecular weight is 441 g/mol. The van der Waals surface area contributed by atoms with E-state index in [0.29, 0.717) is 35.5 Å². The fourth-order valence-corrected chi connectivity index (χ4v) is 5.14. The van der Waals surface area contributed by atoms with Gasteiger partial charge in [0, 0.05) is 41.1 Å². The third kappa shape index (κ3) is 2.64. The Kier molecular flexibility index (Phi) is 4.36. The second-order valence-corrected chi connectivity index (χ2v) is 8.34. The minimum absolute atomic E-state index is 0.0176. The van der Waals surface area contributed by atoms with Crippen LogP contribution in [0.3, 0.4) is 0 Å². The number of nitro groups is 1. The van der Waals surface area contributed by atoms with Crippen molar-refractivity contribution in [2.45, 2.75) is 31.6 Å². The number of non-ortho nitro benzene ring substituents is 1. The van der Waals surface area contributed by atoms with E-state index in [1.165, 1.54) is 23.1 Å². The molecule has 1 spiro atoms. The van der Waals surface area contributed by atoms with Crippen molar-refractivity contribution in [3.63, 3.8) is 0 Å². The van der Waals surface area contributed by atoms with Crippen LogP contribution in [0.5, 0.6) is 0 Å². The van der Waals surface area contributed by atoms with Crippen molar-refractivity contribution < 1.29 is 14.5 Å². The number of allylic oxidation sites excluding steroid dienone is 1. The number of hydrogen-bond acceptors (Lipinski definition) is 7. The number of anilines is 2. The number of benzene rings is 2. The van der Waals surface area contributed by atoms with E-state index in [2.05, 4.69) is 11.4 Å². The monoisotopic (exact) mass is 441 g/mol. The van der Waals surface area contributed by atoms with Crippen molar-refractivity contribution in [3.8, 4) is 6.07 Å². The van der Waals surface area contributed by atoms with Crippen LogP contribution < -0.4 is 16.0 Å². The van der Waals surface area contributed by atoms with Crippen LogP contribution in [0.1, 0.15) is 30.4 Å². The fourth-order valence-electron chi connectivity index (χ4n) is 5.14. The lowest BCUT2D eigenvalue weighted by Gasteiger charge is -2.43. The molecule has 1 atom stereocenters. The summed E-state index contributed by atoms with van der Waals surface area (Å²) in [5.41, 5.74) is 7.66. The molecule has 3 aliphatic rings. The molecule has 0 radical (unpaired) electrons. The molecule has 0 fully saturated rings. The second kappa shape index (κ2) is 7.03. The summed E-state index contributed by atoms with van der Waals surface area (Å²) in [7, 11) is 0. The number of Topliss-reactive ketones (excluding diaryl/α,β-unsaturated/α-hetero) is 1. The quantitative estimate of drug-likeness (QED) is 0.538. The highest BCUT2D eigenvalue weighted by Gasteiger charge is 2.60. The van der Waals surface area contributed by atoms with Gasteiger partial charge in [-0.3, -0.25) is 24.6 Å². The van der Waals surface area contributed by atoms with E-state index in [0.717, 1.165) is 5.56 Å². The van der Waals surface area contributed by atoms with Gasteiger partial charge in [0.15, 0.2) is 5.78 Å². The first-order valence-electron chi connectivity index (χ1n) is 10.4. The molecule has 2 aromatic carbocycles. The number of nitrogens with zero attached hydrogens (tertiary/aromatic N) is 3. The van der Waals surface area contributed by atoms with E-state index >= 15 is 0 Å². The number of nitriles is 1. The number of nitro benzene ring substituents is 1. The van der Waals surface area contributed by atoms with Crippen LogP contribution in [-0.4, -0.2) is 16.6 Å². The fraction of sp³-hybridized carbons (Fsp3) is 0.208. The first kappa shape index (κ1) is 20.5. The van der Waals surface area contributed by atoms with Gasteiger partial charge in [0.25, 0.3) is 5.69 Å². The smallest absolute Gasteiger partial charge is 0.271 e. The van der Waals surface area contributed by atoms with Crippen molar-refractivity contribution in [1.29, 1.82) is 5.26 Å². The molecule has 0 saturated carbocycles. The van der Waals surface area contributed by atoms with Crippen molar-refractivity contribution in [2.75, 3.05) is 10.2 Å². The summed E-state index contributed by atoms with van der Waals surface area (Å²) < 4.78 is 0. The molecule has 2 heterocycles. The molecule has 0 saturated heterocycles. The molecule has 1 amide bonds. The Bertz CT molecular complexity index is 1380. The van der Waals surface area contributed by atoms with Crippen LogP contribution >= 0.6 is 0 Å². The molecule has 1 aliphatic carbocycles. The first-order chi connectivity index (χ1) is 15.8. The standard InChI is InChI=1S/C24H19N5O4/c1-13-8-9-18-16(10-13)24(23(31)27-18)17(12-25)22(26)28(19-6-3-7-20(30)21(19)24)14-4-2-5-15(11-14)29(32)33/h2,4-5,8-11H,3,6-7,26H2,1H3,(H,27,31). The molecular formula is C24H19N5O4. The highest BCUT2D eigenvalue weighted by Crippen LogP contribution is 2.55. The zero-order valence-corrected chi connectivity index (χ0v) is 17.7. The van der Waals surface area contributed by atoms with E-state index in [4.69, 9.17) is 5.73 Å². The molecule has 5 rings (SSSR count). The lowest BCUT2D eigenvalue weighted by atomic mass is 9.63. The van der Waals surface area contributed by atoms with Gasteiger partial charge in [-0.05, 0) is 31.9 Å². The van der Waals surface area contributed by atoms with Crippen molar-refractivity contribution in [3.05, 3.63) is 86.4 Å². The Morgan fingerprint density at radius 3 is 2.73 bits per heavy atom. The molecule has 0 aromatic heterocycles. The van der Waals surface area contributed by atoms with Gasteiger partial charge >= 0.3 is 0 Å². The number of aryl methyl sites for hydroxylation is 1. The summed E-state index contributed by atoms with van der Waals surface area (Å²) in [6, 6.07) is 13.3. The van der Waals surface area contributed by atoms with Crippen molar-refractivity contribution in [2.24, 2.45) is 5.73 Å². The number of fused-ring (bicyclic) bond motifs is 3. The Morgan fingerprint density at radius 1 is 1.21 bits per heavy atom. The van der Waals surface area contributed by atoms with Crippen LogP contribution in [0.25, 0.3) is 0 Å². The number of ketones is 1. The molecule has 3 N–H and O–H groups in total. The van der Waals surface area contributed by atoms with Crippen LogP contribution in [0.15, 0.2) is 65.1 Å². The molecule has 164 valence electrons. The lowest BCUT2D eigenvalue weighted by Crippen LogP contribution is -2.50. The van der Waals surface area contributed by atoms with Gasteiger partial charge in [0.05, 0.1) is 16.2 Å². The van der Waals surface area contributed by atoms with Crippen LogP contribution in [0, 0.1) is 28.4 Å². The van der Waals surface area contributed by atoms with Crippen molar-refractivity contribution in [1.82, 2.24) is 0 Å². The topological polar surface area (TPSA) is 142 Å². The van der Waals surface area contributed by atoms with Gasteiger partial charge in [0.1, 0.15) is 17.3 Å². The first-order valence-corrected chi connectivity index (χ1v) is 10.4. The highest BCUT2D eigenvalue weighted by molar-refractivity contribution is 6.19. The molecule has 2 aromatic rings. The van der Waals surface area contributed by atoms with Gasteiger partial charge in [-0.15, -0.1) is 0 Å². The number of nitrogens with two attached hydrogens (primary N) is 1. The Labute approximate surface area is 188 Å². The molecular weight excluding hydrogens is 422 g/mol. The number of nitrogens with one attached hydrogen (secondary N) is 1. The maximum atomic E-state index is 13.6. The molecule has 1 unspecified atom stereocenters. The molecule has 9 heteroatoms. The predicted octanol–water partition coefficient (Wildman–Crippen LogP) is 3.31. The van der Waals surface area contributed by atoms with Gasteiger partial charge in [0.2, 0.25) is 5.91 Å². The van der Waals surface area contributed by atoms with Gasteiger partial charge in [-0.1, -0.05) is 23.8 Å². The van der Waals surface area contributed by atoms with E-state index in [-0.39, 0.29) is 34.9 Å². The third-order valence-electron chi connectivity index (χ3n) is 6.48. The Morgan fingerprint density at radius 2 is 2.00 bits per heavy atom. The van der Waals surface area contributed by atoms with Crippen LogP contribution in [0.2, 0.25) is 0 Å². The maximum Gasteiger partial charge on any atom is 0.271 e. The predicted molar refractivity (Wildman–Crippen MR) is 120 cm³/mol. The van der Waals surface area contributed by atoms with Crippen molar-refractivity contribution >= 4 is 28.8 Å². The number of hydrogen-bond donors (Lipinski definition) is 2. The van der Waals surface area contributed by atoms with E-state index in [1.807, 2.05) is 13.0 Å². The zero-order chi connectivity index (χ0) is 23.5. The van der Waals surface area contributed by atoms with Gasteiger partial charge in [-0.25, -0.2) is 0 Å². The zero-order valence-electron chi connectivity index (χ0n) is 17.7. The number of rotatable bonds is 2. The minimum atomic E-state index is -1.65. The summed E-state index contributed by atoms with van der Waals surface area (Å²) in [5.74, 6) is -0.753. The summed E-state index contributed by atoms with van der Waals surface area (Å²) >= 11 is 0. The summed E-state index contributed by atoms with van der Waals surface area (Å²) in [5, 5.41) is 24.4. The van der Waals surface area contributed by atoms with Gasteiger partial charge < -0.3 is 11.1 Å². The van der Waals surface area contributed by atoms with E-state index in [9.17, 15) is 25.0 Å². The van der Waals surface area contributed by atoms with Crippen LogP contribution in [-0.2, 0) is 15.0 Å². The molecule has 0 bridgehead atoms. The summed E-state index contributed by atoms with van der Waals surface area (Å²) in [4.78, 5) is 39.3. The second-order valence-electron chi connectivity index (χ2n) is 8.34. The van der Waals surface area contributed by atoms with Gasteiger partial charge in [-0.2, -0.15) is 5.26 Å².